The lowest BCUT2D eigenvalue weighted by Gasteiger charge is -2.33. The molecule has 0 saturated heterocycles. The van der Waals surface area contributed by atoms with Gasteiger partial charge in [0.1, 0.15) is 11.6 Å². The molecule has 22 heavy (non-hydrogen) atoms. The lowest BCUT2D eigenvalue weighted by molar-refractivity contribution is -0.134. The monoisotopic (exact) mass is 299 g/mol. The van der Waals surface area contributed by atoms with E-state index in [1.54, 1.807) is 17.0 Å². The highest BCUT2D eigenvalue weighted by molar-refractivity contribution is 5.78. The van der Waals surface area contributed by atoms with Crippen LogP contribution in [0.4, 0.5) is 4.39 Å². The van der Waals surface area contributed by atoms with Gasteiger partial charge in [-0.2, -0.15) is 0 Å². The number of nitrogens with zero attached hydrogens (tertiary/aromatic N) is 1. The first-order valence-corrected chi connectivity index (χ1v) is 7.37. The van der Waals surface area contributed by atoms with Crippen LogP contribution in [0.25, 0.3) is 0 Å². The van der Waals surface area contributed by atoms with Crippen LogP contribution in [0.15, 0.2) is 48.5 Å². The Labute approximate surface area is 129 Å². The van der Waals surface area contributed by atoms with E-state index in [0.717, 1.165) is 0 Å². The maximum atomic E-state index is 13.1. The molecular formula is C18H18FNO2. The largest absolute Gasteiger partial charge is 0.484 e. The van der Waals surface area contributed by atoms with Crippen LogP contribution in [0, 0.1) is 5.82 Å². The summed E-state index contributed by atoms with van der Waals surface area (Å²) in [4.78, 5) is 14.1. The van der Waals surface area contributed by atoms with E-state index in [1.165, 1.54) is 23.3 Å². The molecule has 0 spiro atoms. The summed E-state index contributed by atoms with van der Waals surface area (Å²) in [5.74, 6) is 0.234. The van der Waals surface area contributed by atoms with Crippen molar-refractivity contribution in [3.05, 3.63) is 65.5 Å². The first-order chi connectivity index (χ1) is 10.6. The van der Waals surface area contributed by atoms with Crippen LogP contribution in [-0.4, -0.2) is 24.0 Å². The SMILES string of the molecule is CC1CN(C(=O)COc2cccc(F)c2)Cc2ccccc21. The summed E-state index contributed by atoms with van der Waals surface area (Å²) in [5.41, 5.74) is 2.48. The van der Waals surface area contributed by atoms with Crippen molar-refractivity contribution in [2.24, 2.45) is 0 Å². The van der Waals surface area contributed by atoms with Crippen LogP contribution in [-0.2, 0) is 11.3 Å². The van der Waals surface area contributed by atoms with Crippen molar-refractivity contribution >= 4 is 5.91 Å². The molecule has 1 aliphatic rings. The number of hydrogen-bond acceptors (Lipinski definition) is 2. The third kappa shape index (κ3) is 3.11. The summed E-state index contributed by atoms with van der Waals surface area (Å²) in [7, 11) is 0. The maximum absolute atomic E-state index is 13.1. The van der Waals surface area contributed by atoms with Gasteiger partial charge in [-0.25, -0.2) is 4.39 Å². The van der Waals surface area contributed by atoms with Gasteiger partial charge in [-0.3, -0.25) is 4.79 Å². The molecule has 1 heterocycles. The molecule has 0 N–H and O–H groups in total. The van der Waals surface area contributed by atoms with Gasteiger partial charge in [0.2, 0.25) is 0 Å². The minimum Gasteiger partial charge on any atom is -0.484 e. The second-order valence-corrected chi connectivity index (χ2v) is 5.62. The molecule has 0 radical (unpaired) electrons. The van der Waals surface area contributed by atoms with E-state index in [4.69, 9.17) is 4.74 Å². The number of benzene rings is 2. The van der Waals surface area contributed by atoms with Gasteiger partial charge < -0.3 is 9.64 Å². The second kappa shape index (κ2) is 6.18. The highest BCUT2D eigenvalue weighted by atomic mass is 19.1. The smallest absolute Gasteiger partial charge is 0.260 e. The van der Waals surface area contributed by atoms with Crippen molar-refractivity contribution in [2.75, 3.05) is 13.2 Å². The number of fused-ring (bicyclic) bond motifs is 1. The van der Waals surface area contributed by atoms with Crippen molar-refractivity contribution in [1.82, 2.24) is 4.90 Å². The van der Waals surface area contributed by atoms with E-state index in [0.29, 0.717) is 24.8 Å². The molecule has 1 amide bonds. The molecule has 2 aromatic carbocycles. The van der Waals surface area contributed by atoms with E-state index in [2.05, 4.69) is 19.1 Å². The number of amides is 1. The van der Waals surface area contributed by atoms with Crippen LogP contribution < -0.4 is 4.74 Å². The molecule has 114 valence electrons. The second-order valence-electron chi connectivity index (χ2n) is 5.62. The Hall–Kier alpha value is -2.36. The summed E-state index contributed by atoms with van der Waals surface area (Å²) in [6.45, 7) is 3.33. The molecule has 4 heteroatoms. The van der Waals surface area contributed by atoms with Gasteiger partial charge in [-0.1, -0.05) is 37.3 Å². The van der Waals surface area contributed by atoms with Crippen molar-refractivity contribution in [3.8, 4) is 5.75 Å². The molecule has 3 rings (SSSR count). The van der Waals surface area contributed by atoms with Crippen LogP contribution in [0.3, 0.4) is 0 Å². The zero-order chi connectivity index (χ0) is 15.5. The number of carbonyl (C=O) groups excluding carboxylic acids is 1. The zero-order valence-corrected chi connectivity index (χ0v) is 12.5. The van der Waals surface area contributed by atoms with Crippen LogP contribution in [0.2, 0.25) is 0 Å². The Morgan fingerprint density at radius 2 is 2.09 bits per heavy atom. The van der Waals surface area contributed by atoms with Crippen LogP contribution in [0.5, 0.6) is 5.75 Å². The summed E-state index contributed by atoms with van der Waals surface area (Å²) >= 11 is 0. The first kappa shape index (κ1) is 14.6. The van der Waals surface area contributed by atoms with Gasteiger partial charge >= 0.3 is 0 Å². The van der Waals surface area contributed by atoms with Crippen molar-refractivity contribution < 1.29 is 13.9 Å². The molecule has 1 unspecified atom stereocenters. The summed E-state index contributed by atoms with van der Waals surface area (Å²) < 4.78 is 18.5. The fourth-order valence-electron chi connectivity index (χ4n) is 2.84. The van der Waals surface area contributed by atoms with E-state index >= 15 is 0 Å². The maximum Gasteiger partial charge on any atom is 0.260 e. The number of hydrogen-bond donors (Lipinski definition) is 0. The van der Waals surface area contributed by atoms with E-state index in [9.17, 15) is 9.18 Å². The van der Waals surface area contributed by atoms with E-state index in [1.807, 2.05) is 12.1 Å². The molecule has 0 saturated carbocycles. The lowest BCUT2D eigenvalue weighted by atomic mass is 9.91. The normalized spacial score (nSPS) is 17.0. The highest BCUT2D eigenvalue weighted by Gasteiger charge is 2.25. The third-order valence-electron chi connectivity index (χ3n) is 3.95. The Kier molecular flexibility index (Phi) is 4.09. The molecular weight excluding hydrogens is 281 g/mol. The average Bonchev–Trinajstić information content (AvgIpc) is 2.52. The van der Waals surface area contributed by atoms with Gasteiger partial charge in [0.05, 0.1) is 0 Å². The van der Waals surface area contributed by atoms with Gasteiger partial charge in [0, 0.05) is 19.2 Å². The topological polar surface area (TPSA) is 29.5 Å². The number of ether oxygens (including phenoxy) is 1. The quantitative estimate of drug-likeness (QED) is 0.870. The minimum atomic E-state index is -0.370. The summed E-state index contributed by atoms with van der Waals surface area (Å²) in [5, 5.41) is 0. The lowest BCUT2D eigenvalue weighted by Crippen LogP contribution is -2.40. The third-order valence-corrected chi connectivity index (χ3v) is 3.95. The Balaban J connectivity index is 1.64. The zero-order valence-electron chi connectivity index (χ0n) is 12.5. The molecule has 2 aromatic rings. The average molecular weight is 299 g/mol. The van der Waals surface area contributed by atoms with Gasteiger partial charge in [-0.15, -0.1) is 0 Å². The predicted molar refractivity (Wildman–Crippen MR) is 82.2 cm³/mol. The molecule has 3 nitrogen and oxygen atoms in total. The Bertz CT molecular complexity index is 686. The molecule has 1 atom stereocenters. The van der Waals surface area contributed by atoms with Crippen LogP contribution >= 0.6 is 0 Å². The number of halogens is 1. The standard InChI is InChI=1S/C18H18FNO2/c1-13-10-20(11-14-5-2-3-8-17(13)14)18(21)12-22-16-7-4-6-15(19)9-16/h2-9,13H,10-12H2,1H3. The van der Waals surface area contributed by atoms with E-state index < -0.39 is 0 Å². The Morgan fingerprint density at radius 3 is 2.91 bits per heavy atom. The minimum absolute atomic E-state index is 0.0711. The van der Waals surface area contributed by atoms with Gasteiger partial charge in [-0.05, 0) is 29.2 Å². The van der Waals surface area contributed by atoms with Crippen molar-refractivity contribution in [3.63, 3.8) is 0 Å². The molecule has 0 aromatic heterocycles. The molecule has 1 aliphatic heterocycles. The van der Waals surface area contributed by atoms with Gasteiger partial charge in [0.15, 0.2) is 6.61 Å². The summed E-state index contributed by atoms with van der Waals surface area (Å²) in [6.07, 6.45) is 0. The predicted octanol–water partition coefficient (Wildman–Crippen LogP) is 3.35. The van der Waals surface area contributed by atoms with Gasteiger partial charge in [0.25, 0.3) is 5.91 Å². The number of carbonyl (C=O) groups is 1. The summed E-state index contributed by atoms with van der Waals surface area (Å²) in [6, 6.07) is 14.0. The van der Waals surface area contributed by atoms with E-state index in [-0.39, 0.29) is 18.3 Å². The fraction of sp³-hybridized carbons (Fsp3) is 0.278. The first-order valence-electron chi connectivity index (χ1n) is 7.37. The Morgan fingerprint density at radius 1 is 1.27 bits per heavy atom. The molecule has 0 fully saturated rings. The fourth-order valence-corrected chi connectivity index (χ4v) is 2.84. The van der Waals surface area contributed by atoms with Crippen molar-refractivity contribution in [2.45, 2.75) is 19.4 Å². The highest BCUT2D eigenvalue weighted by Crippen LogP contribution is 2.27. The van der Waals surface area contributed by atoms with Crippen LogP contribution in [0.1, 0.15) is 24.0 Å². The van der Waals surface area contributed by atoms with Crippen molar-refractivity contribution in [1.29, 1.82) is 0 Å². The number of rotatable bonds is 3. The molecule has 0 bridgehead atoms. The molecule has 0 aliphatic carbocycles.